The summed E-state index contributed by atoms with van der Waals surface area (Å²) < 4.78 is 5.54. The standard InChI is InChI=1S/C14H22N2O2/c1-11-5-4-6-13(9-11)18-8-7-14(17)16(3)12(2)10-15/h4-6,9,12H,7-8,10,15H2,1-3H3. The summed E-state index contributed by atoms with van der Waals surface area (Å²) in [6.07, 6.45) is 0.370. The molecule has 0 aliphatic carbocycles. The number of amides is 1. The van der Waals surface area contributed by atoms with E-state index in [1.54, 1.807) is 11.9 Å². The van der Waals surface area contributed by atoms with Gasteiger partial charge in [-0.25, -0.2) is 0 Å². The van der Waals surface area contributed by atoms with Crippen molar-refractivity contribution in [3.05, 3.63) is 29.8 Å². The van der Waals surface area contributed by atoms with Gasteiger partial charge in [0.2, 0.25) is 5.91 Å². The van der Waals surface area contributed by atoms with E-state index in [-0.39, 0.29) is 11.9 Å². The van der Waals surface area contributed by atoms with Gasteiger partial charge in [0, 0.05) is 19.6 Å². The second kappa shape index (κ2) is 7.01. The Morgan fingerprint density at radius 1 is 1.50 bits per heavy atom. The van der Waals surface area contributed by atoms with Crippen molar-refractivity contribution in [3.8, 4) is 5.75 Å². The Bertz CT molecular complexity index is 393. The number of benzene rings is 1. The number of rotatable bonds is 6. The second-order valence-electron chi connectivity index (χ2n) is 4.50. The summed E-state index contributed by atoms with van der Waals surface area (Å²) in [5.74, 6) is 0.859. The Balaban J connectivity index is 2.36. The molecule has 4 nitrogen and oxygen atoms in total. The van der Waals surface area contributed by atoms with E-state index in [2.05, 4.69) is 0 Å². The van der Waals surface area contributed by atoms with Crippen molar-refractivity contribution in [2.24, 2.45) is 5.73 Å². The molecule has 0 radical (unpaired) electrons. The van der Waals surface area contributed by atoms with Crippen molar-refractivity contribution in [1.29, 1.82) is 0 Å². The normalized spacial score (nSPS) is 12.0. The number of hydrogen-bond donors (Lipinski definition) is 1. The molecule has 100 valence electrons. The number of nitrogens with two attached hydrogens (primary N) is 1. The van der Waals surface area contributed by atoms with Gasteiger partial charge in [0.15, 0.2) is 0 Å². The molecule has 4 heteroatoms. The molecule has 0 saturated carbocycles. The SMILES string of the molecule is Cc1cccc(OCCC(=O)N(C)C(C)CN)c1. The Hall–Kier alpha value is -1.55. The van der Waals surface area contributed by atoms with Crippen LogP contribution in [0.5, 0.6) is 5.75 Å². The van der Waals surface area contributed by atoms with Crippen LogP contribution in [0.2, 0.25) is 0 Å². The van der Waals surface area contributed by atoms with Crippen molar-refractivity contribution in [3.63, 3.8) is 0 Å². The fourth-order valence-corrected chi connectivity index (χ4v) is 1.54. The van der Waals surface area contributed by atoms with Gasteiger partial charge in [0.1, 0.15) is 5.75 Å². The van der Waals surface area contributed by atoms with Crippen LogP contribution in [0.25, 0.3) is 0 Å². The summed E-state index contributed by atoms with van der Waals surface area (Å²) in [7, 11) is 1.77. The van der Waals surface area contributed by atoms with Crippen LogP contribution in [-0.2, 0) is 4.79 Å². The molecule has 1 aromatic rings. The van der Waals surface area contributed by atoms with Gasteiger partial charge >= 0.3 is 0 Å². The van der Waals surface area contributed by atoms with Crippen molar-refractivity contribution in [1.82, 2.24) is 4.90 Å². The van der Waals surface area contributed by atoms with E-state index in [0.29, 0.717) is 19.6 Å². The lowest BCUT2D eigenvalue weighted by atomic mass is 10.2. The number of nitrogens with zero attached hydrogens (tertiary/aromatic N) is 1. The van der Waals surface area contributed by atoms with Crippen molar-refractivity contribution in [2.45, 2.75) is 26.3 Å². The van der Waals surface area contributed by atoms with Gasteiger partial charge in [0.05, 0.1) is 13.0 Å². The van der Waals surface area contributed by atoms with Gasteiger partial charge in [-0.05, 0) is 31.5 Å². The Labute approximate surface area is 109 Å². The van der Waals surface area contributed by atoms with Crippen LogP contribution in [-0.4, -0.2) is 37.0 Å². The topological polar surface area (TPSA) is 55.6 Å². The van der Waals surface area contributed by atoms with Crippen LogP contribution < -0.4 is 10.5 Å². The van der Waals surface area contributed by atoms with E-state index in [1.165, 1.54) is 0 Å². The number of aryl methyl sites for hydroxylation is 1. The quantitative estimate of drug-likeness (QED) is 0.833. The van der Waals surface area contributed by atoms with E-state index in [1.807, 2.05) is 38.1 Å². The maximum absolute atomic E-state index is 11.8. The molecule has 1 atom stereocenters. The molecule has 0 fully saturated rings. The average Bonchev–Trinajstić information content (AvgIpc) is 2.36. The third-order valence-electron chi connectivity index (χ3n) is 2.97. The Morgan fingerprint density at radius 3 is 2.83 bits per heavy atom. The predicted octanol–water partition coefficient (Wildman–Crippen LogP) is 1.57. The lowest BCUT2D eigenvalue weighted by Gasteiger charge is -2.23. The Kier molecular flexibility index (Phi) is 5.65. The fourth-order valence-electron chi connectivity index (χ4n) is 1.54. The first-order chi connectivity index (χ1) is 8.54. The lowest BCUT2D eigenvalue weighted by molar-refractivity contribution is -0.132. The molecule has 0 aliphatic heterocycles. The molecule has 1 amide bonds. The first-order valence-electron chi connectivity index (χ1n) is 6.19. The molecule has 1 unspecified atom stereocenters. The van der Waals surface area contributed by atoms with E-state index in [9.17, 15) is 4.79 Å². The first-order valence-corrected chi connectivity index (χ1v) is 6.19. The van der Waals surface area contributed by atoms with Gasteiger partial charge in [-0.1, -0.05) is 12.1 Å². The molecule has 0 bridgehead atoms. The third-order valence-corrected chi connectivity index (χ3v) is 2.97. The second-order valence-corrected chi connectivity index (χ2v) is 4.50. The lowest BCUT2D eigenvalue weighted by Crippen LogP contribution is -2.40. The van der Waals surface area contributed by atoms with Gasteiger partial charge < -0.3 is 15.4 Å². The molecule has 0 aliphatic rings. The smallest absolute Gasteiger partial charge is 0.226 e. The largest absolute Gasteiger partial charge is 0.493 e. The highest BCUT2D eigenvalue weighted by molar-refractivity contribution is 5.76. The highest BCUT2D eigenvalue weighted by Crippen LogP contribution is 2.12. The van der Waals surface area contributed by atoms with Crippen LogP contribution in [0, 0.1) is 6.92 Å². The van der Waals surface area contributed by atoms with Crippen molar-refractivity contribution in [2.75, 3.05) is 20.2 Å². The van der Waals surface area contributed by atoms with Crippen LogP contribution in [0.15, 0.2) is 24.3 Å². The molecule has 0 heterocycles. The van der Waals surface area contributed by atoms with Crippen LogP contribution in [0.3, 0.4) is 0 Å². The third kappa shape index (κ3) is 4.37. The minimum atomic E-state index is 0.0561. The zero-order valence-corrected chi connectivity index (χ0v) is 11.3. The molecule has 2 N–H and O–H groups in total. The predicted molar refractivity (Wildman–Crippen MR) is 72.6 cm³/mol. The molecule has 1 aromatic carbocycles. The van der Waals surface area contributed by atoms with Gasteiger partial charge in [-0.2, -0.15) is 0 Å². The van der Waals surface area contributed by atoms with Crippen molar-refractivity contribution >= 4 is 5.91 Å². The summed E-state index contributed by atoms with van der Waals surface area (Å²) >= 11 is 0. The number of hydrogen-bond acceptors (Lipinski definition) is 3. The van der Waals surface area contributed by atoms with Crippen LogP contribution >= 0.6 is 0 Å². The van der Waals surface area contributed by atoms with Crippen LogP contribution in [0.1, 0.15) is 18.9 Å². The van der Waals surface area contributed by atoms with Crippen LogP contribution in [0.4, 0.5) is 0 Å². The molecule has 0 spiro atoms. The molecule has 0 saturated heterocycles. The summed E-state index contributed by atoms with van der Waals surface area (Å²) in [4.78, 5) is 13.5. The molecule has 1 rings (SSSR count). The van der Waals surface area contributed by atoms with Crippen molar-refractivity contribution < 1.29 is 9.53 Å². The van der Waals surface area contributed by atoms with Gasteiger partial charge in [0.25, 0.3) is 0 Å². The number of carbonyl (C=O) groups is 1. The van der Waals surface area contributed by atoms with Gasteiger partial charge in [-0.15, -0.1) is 0 Å². The van der Waals surface area contributed by atoms with Gasteiger partial charge in [-0.3, -0.25) is 4.79 Å². The van der Waals surface area contributed by atoms with E-state index in [4.69, 9.17) is 10.5 Å². The zero-order valence-electron chi connectivity index (χ0n) is 11.3. The number of ether oxygens (including phenoxy) is 1. The minimum Gasteiger partial charge on any atom is -0.493 e. The average molecular weight is 250 g/mol. The summed E-state index contributed by atoms with van der Waals surface area (Å²) in [6.45, 7) is 4.80. The number of carbonyl (C=O) groups excluding carboxylic acids is 1. The monoisotopic (exact) mass is 250 g/mol. The zero-order chi connectivity index (χ0) is 13.5. The number of likely N-dealkylation sites (N-methyl/N-ethyl adjacent to an activating group) is 1. The summed E-state index contributed by atoms with van der Waals surface area (Å²) in [5.41, 5.74) is 6.67. The van der Waals surface area contributed by atoms with E-state index >= 15 is 0 Å². The maximum Gasteiger partial charge on any atom is 0.226 e. The van der Waals surface area contributed by atoms with E-state index in [0.717, 1.165) is 11.3 Å². The highest BCUT2D eigenvalue weighted by Gasteiger charge is 2.13. The maximum atomic E-state index is 11.8. The fraction of sp³-hybridized carbons (Fsp3) is 0.500. The molecule has 0 aromatic heterocycles. The first kappa shape index (κ1) is 14.5. The highest BCUT2D eigenvalue weighted by atomic mass is 16.5. The summed E-state index contributed by atoms with van der Waals surface area (Å²) in [6, 6.07) is 7.86. The molecular weight excluding hydrogens is 228 g/mol. The minimum absolute atomic E-state index is 0.0561. The molecule has 18 heavy (non-hydrogen) atoms. The Morgan fingerprint density at radius 2 is 2.22 bits per heavy atom. The van der Waals surface area contributed by atoms with E-state index < -0.39 is 0 Å². The summed E-state index contributed by atoms with van der Waals surface area (Å²) in [5, 5.41) is 0. The molecular formula is C14H22N2O2.